The Balaban J connectivity index is 2.13. The highest BCUT2D eigenvalue weighted by molar-refractivity contribution is 8.18. The van der Waals surface area contributed by atoms with Crippen LogP contribution in [0.2, 0.25) is 0 Å². The first-order valence-corrected chi connectivity index (χ1v) is 10.2. The van der Waals surface area contributed by atoms with Crippen LogP contribution in [0.1, 0.15) is 40.2 Å². The number of amides is 1. The number of ether oxygens (including phenoxy) is 1. The van der Waals surface area contributed by atoms with Crippen LogP contribution < -0.4 is 4.74 Å². The molecule has 0 atom stereocenters. The zero-order chi connectivity index (χ0) is 19.6. The Morgan fingerprint density at radius 1 is 1.15 bits per heavy atom. The normalized spacial score (nSPS) is 17.9. The molecule has 4 nitrogen and oxygen atoms in total. The third kappa shape index (κ3) is 4.03. The van der Waals surface area contributed by atoms with Crippen molar-refractivity contribution in [2.75, 3.05) is 6.61 Å². The zero-order valence-electron chi connectivity index (χ0n) is 16.5. The fourth-order valence-electron chi connectivity index (χ4n) is 3.09. The molecule has 0 radical (unpaired) electrons. The number of carbonyl (C=O) groups excluding carboxylic acids is 1. The highest BCUT2D eigenvalue weighted by Gasteiger charge is 2.35. The van der Waals surface area contributed by atoms with E-state index in [4.69, 9.17) is 4.74 Å². The van der Waals surface area contributed by atoms with Crippen LogP contribution in [0, 0.1) is 0 Å². The quantitative estimate of drug-likeness (QED) is 0.657. The van der Waals surface area contributed by atoms with Gasteiger partial charge in [-0.1, -0.05) is 30.3 Å². The lowest BCUT2D eigenvalue weighted by molar-refractivity contribution is -0.123. The van der Waals surface area contributed by atoms with Crippen molar-refractivity contribution in [3.63, 3.8) is 0 Å². The Morgan fingerprint density at radius 2 is 1.89 bits per heavy atom. The second-order valence-corrected chi connectivity index (χ2v) is 8.03. The maximum Gasteiger partial charge on any atom is 0.266 e. The molecule has 5 heteroatoms. The Hall–Kier alpha value is -2.27. The number of carbonyl (C=O) groups is 1. The molecule has 0 bridgehead atoms. The summed E-state index contributed by atoms with van der Waals surface area (Å²) in [5.74, 6) is 0.798. The van der Waals surface area contributed by atoms with Crippen LogP contribution in [0.25, 0.3) is 16.8 Å². The van der Waals surface area contributed by atoms with Crippen molar-refractivity contribution in [2.45, 2.75) is 46.7 Å². The maximum absolute atomic E-state index is 13.1. The molecule has 1 aliphatic rings. The fraction of sp³-hybridized carbons (Fsp3) is 0.364. The summed E-state index contributed by atoms with van der Waals surface area (Å²) in [6, 6.07) is 12.4. The number of thioether (sulfide) groups is 1. The van der Waals surface area contributed by atoms with E-state index in [1.807, 2.05) is 58.9 Å². The summed E-state index contributed by atoms with van der Waals surface area (Å²) < 4.78 is 5.85. The molecule has 1 amide bonds. The summed E-state index contributed by atoms with van der Waals surface area (Å²) >= 11 is 1.45. The minimum atomic E-state index is 0.00443. The molecule has 2 aromatic carbocycles. The Kier molecular flexibility index (Phi) is 5.90. The first kappa shape index (κ1) is 19.5. The number of nitrogens with zero attached hydrogens (tertiary/aromatic N) is 2. The SMILES string of the molecule is CCOc1ccc2ccccc2c1/C=C1/SC(=NC(C)C)N(C(C)C)C1=O. The van der Waals surface area contributed by atoms with Gasteiger partial charge in [-0.05, 0) is 69.3 Å². The van der Waals surface area contributed by atoms with Crippen LogP contribution in [0.3, 0.4) is 0 Å². The summed E-state index contributed by atoms with van der Waals surface area (Å²) in [5.41, 5.74) is 0.945. The topological polar surface area (TPSA) is 41.9 Å². The number of hydrogen-bond donors (Lipinski definition) is 0. The molecular formula is C22H26N2O2S. The lowest BCUT2D eigenvalue weighted by Gasteiger charge is -2.20. The van der Waals surface area contributed by atoms with E-state index in [1.165, 1.54) is 11.8 Å². The summed E-state index contributed by atoms with van der Waals surface area (Å²) in [6.07, 6.45) is 1.96. The van der Waals surface area contributed by atoms with E-state index in [1.54, 1.807) is 4.90 Å². The van der Waals surface area contributed by atoms with Gasteiger partial charge in [-0.3, -0.25) is 14.7 Å². The number of hydrogen-bond acceptors (Lipinski definition) is 4. The van der Waals surface area contributed by atoms with E-state index < -0.39 is 0 Å². The van der Waals surface area contributed by atoms with Gasteiger partial charge in [0.2, 0.25) is 0 Å². The first-order chi connectivity index (χ1) is 12.9. The highest BCUT2D eigenvalue weighted by Crippen LogP contribution is 2.37. The minimum absolute atomic E-state index is 0.00443. The van der Waals surface area contributed by atoms with Gasteiger partial charge in [-0.2, -0.15) is 0 Å². The minimum Gasteiger partial charge on any atom is -0.493 e. The third-order valence-electron chi connectivity index (χ3n) is 4.23. The standard InChI is InChI=1S/C22H26N2O2S/c1-6-26-19-12-11-16-9-7-8-10-17(16)18(19)13-20-21(25)24(15(4)5)22(27-20)23-14(2)3/h7-15H,6H2,1-5H3/b20-13+,23-22?. The van der Waals surface area contributed by atoms with Gasteiger partial charge in [0.15, 0.2) is 5.17 Å². The average Bonchev–Trinajstić information content (AvgIpc) is 2.91. The van der Waals surface area contributed by atoms with E-state index in [9.17, 15) is 4.79 Å². The maximum atomic E-state index is 13.1. The molecule has 1 saturated heterocycles. The second kappa shape index (κ2) is 8.17. The molecule has 2 aromatic rings. The number of fused-ring (bicyclic) bond motifs is 1. The fourth-order valence-corrected chi connectivity index (χ4v) is 4.30. The van der Waals surface area contributed by atoms with Gasteiger partial charge in [0.25, 0.3) is 5.91 Å². The molecule has 1 fully saturated rings. The number of aliphatic imine (C=N–C) groups is 1. The molecule has 0 aliphatic carbocycles. The van der Waals surface area contributed by atoms with Crippen molar-refractivity contribution in [1.82, 2.24) is 4.90 Å². The molecule has 0 saturated carbocycles. The van der Waals surface area contributed by atoms with Crippen LogP contribution >= 0.6 is 11.8 Å². The first-order valence-electron chi connectivity index (χ1n) is 9.37. The van der Waals surface area contributed by atoms with E-state index in [0.717, 1.165) is 27.3 Å². The molecule has 3 rings (SSSR count). The molecule has 1 aliphatic heterocycles. The Morgan fingerprint density at radius 3 is 2.56 bits per heavy atom. The second-order valence-electron chi connectivity index (χ2n) is 7.02. The van der Waals surface area contributed by atoms with E-state index >= 15 is 0 Å². The highest BCUT2D eigenvalue weighted by atomic mass is 32.2. The van der Waals surface area contributed by atoms with Crippen LogP contribution in [0.15, 0.2) is 46.3 Å². The number of rotatable bonds is 5. The molecule has 1 heterocycles. The van der Waals surface area contributed by atoms with Gasteiger partial charge < -0.3 is 4.74 Å². The molecule has 0 aromatic heterocycles. The molecule has 0 N–H and O–H groups in total. The summed E-state index contributed by atoms with van der Waals surface area (Å²) in [5, 5.41) is 2.98. The van der Waals surface area contributed by atoms with Crippen molar-refractivity contribution in [2.24, 2.45) is 4.99 Å². The predicted octanol–water partition coefficient (Wildman–Crippen LogP) is 5.33. The summed E-state index contributed by atoms with van der Waals surface area (Å²) in [7, 11) is 0. The lowest BCUT2D eigenvalue weighted by atomic mass is 10.0. The number of benzene rings is 2. The van der Waals surface area contributed by atoms with Gasteiger partial charge in [0.1, 0.15) is 5.75 Å². The predicted molar refractivity (Wildman–Crippen MR) is 115 cm³/mol. The van der Waals surface area contributed by atoms with Gasteiger partial charge in [0.05, 0.1) is 11.5 Å². The lowest BCUT2D eigenvalue weighted by Crippen LogP contribution is -2.35. The van der Waals surface area contributed by atoms with Gasteiger partial charge in [-0.25, -0.2) is 0 Å². The Labute approximate surface area is 165 Å². The third-order valence-corrected chi connectivity index (χ3v) is 5.22. The molecular weight excluding hydrogens is 356 g/mol. The molecule has 142 valence electrons. The van der Waals surface area contributed by atoms with Crippen LogP contribution in [0.5, 0.6) is 5.75 Å². The zero-order valence-corrected chi connectivity index (χ0v) is 17.3. The van der Waals surface area contributed by atoms with Crippen molar-refractivity contribution in [3.05, 3.63) is 46.9 Å². The van der Waals surface area contributed by atoms with Crippen molar-refractivity contribution in [1.29, 1.82) is 0 Å². The van der Waals surface area contributed by atoms with E-state index in [0.29, 0.717) is 11.5 Å². The van der Waals surface area contributed by atoms with Crippen molar-refractivity contribution >= 4 is 39.7 Å². The van der Waals surface area contributed by atoms with Gasteiger partial charge in [-0.15, -0.1) is 0 Å². The average molecular weight is 383 g/mol. The van der Waals surface area contributed by atoms with Crippen molar-refractivity contribution in [3.8, 4) is 5.75 Å². The van der Waals surface area contributed by atoms with E-state index in [2.05, 4.69) is 23.2 Å². The van der Waals surface area contributed by atoms with Gasteiger partial charge in [0, 0.05) is 17.6 Å². The van der Waals surface area contributed by atoms with Crippen LogP contribution in [0.4, 0.5) is 0 Å². The monoisotopic (exact) mass is 382 g/mol. The smallest absolute Gasteiger partial charge is 0.266 e. The summed E-state index contributed by atoms with van der Waals surface area (Å²) in [6.45, 7) is 10.6. The van der Waals surface area contributed by atoms with Crippen LogP contribution in [-0.4, -0.2) is 34.7 Å². The largest absolute Gasteiger partial charge is 0.493 e. The van der Waals surface area contributed by atoms with Gasteiger partial charge >= 0.3 is 0 Å². The molecule has 0 unspecified atom stereocenters. The summed E-state index contributed by atoms with van der Waals surface area (Å²) in [4.78, 5) is 20.2. The van der Waals surface area contributed by atoms with Crippen molar-refractivity contribution < 1.29 is 9.53 Å². The number of amidine groups is 1. The van der Waals surface area contributed by atoms with Crippen LogP contribution in [-0.2, 0) is 4.79 Å². The molecule has 0 spiro atoms. The molecule has 27 heavy (non-hydrogen) atoms. The van der Waals surface area contributed by atoms with E-state index in [-0.39, 0.29) is 18.0 Å². The Bertz CT molecular complexity index is 916.